The van der Waals surface area contributed by atoms with E-state index >= 15 is 0 Å². The highest BCUT2D eigenvalue weighted by Gasteiger charge is 2.32. The highest BCUT2D eigenvalue weighted by molar-refractivity contribution is 8.14. The summed E-state index contributed by atoms with van der Waals surface area (Å²) in [6.07, 6.45) is 1.77. The van der Waals surface area contributed by atoms with Gasteiger partial charge in [0.2, 0.25) is 0 Å². The number of hydrogen-bond acceptors (Lipinski definition) is 3. The van der Waals surface area contributed by atoms with Crippen LogP contribution in [0.3, 0.4) is 0 Å². The van der Waals surface area contributed by atoms with Crippen LogP contribution in [0.4, 0.5) is 10.1 Å². The summed E-state index contributed by atoms with van der Waals surface area (Å²) in [6, 6.07) is 15.5. The van der Waals surface area contributed by atoms with E-state index in [-0.39, 0.29) is 17.0 Å². The largest absolute Gasteiger partial charge is 0.283 e. The monoisotopic (exact) mass is 340 g/mol. The SMILES string of the molecule is CC(C)SC1=N/C(=C\c2ccccc2)C(=O)N1c1ccc(F)cc1. The van der Waals surface area contributed by atoms with E-state index in [1.807, 2.05) is 44.2 Å². The molecule has 2 aromatic carbocycles. The molecule has 2 aromatic rings. The van der Waals surface area contributed by atoms with Gasteiger partial charge in [-0.2, -0.15) is 0 Å². The predicted molar refractivity (Wildman–Crippen MR) is 98.5 cm³/mol. The minimum absolute atomic E-state index is 0.200. The van der Waals surface area contributed by atoms with Crippen LogP contribution in [0, 0.1) is 5.82 Å². The molecule has 122 valence electrons. The third-order valence-corrected chi connectivity index (χ3v) is 4.31. The van der Waals surface area contributed by atoms with Gasteiger partial charge in [0.1, 0.15) is 11.5 Å². The van der Waals surface area contributed by atoms with Crippen molar-refractivity contribution in [2.75, 3.05) is 4.90 Å². The molecule has 3 nitrogen and oxygen atoms in total. The van der Waals surface area contributed by atoms with Gasteiger partial charge in [0.05, 0.1) is 5.69 Å². The van der Waals surface area contributed by atoms with Crippen molar-refractivity contribution in [2.45, 2.75) is 19.1 Å². The zero-order valence-electron chi connectivity index (χ0n) is 13.4. The van der Waals surface area contributed by atoms with Crippen molar-refractivity contribution in [3.05, 3.63) is 71.7 Å². The van der Waals surface area contributed by atoms with Crippen LogP contribution in [0.2, 0.25) is 0 Å². The smallest absolute Gasteiger partial charge is 0.266 e. The van der Waals surface area contributed by atoms with Gasteiger partial charge in [0.25, 0.3) is 5.91 Å². The number of nitrogens with zero attached hydrogens (tertiary/aromatic N) is 2. The van der Waals surface area contributed by atoms with E-state index in [9.17, 15) is 9.18 Å². The van der Waals surface area contributed by atoms with E-state index in [1.165, 1.54) is 23.9 Å². The van der Waals surface area contributed by atoms with E-state index in [4.69, 9.17) is 0 Å². The van der Waals surface area contributed by atoms with E-state index in [0.29, 0.717) is 16.6 Å². The molecule has 0 saturated heterocycles. The topological polar surface area (TPSA) is 32.7 Å². The number of anilines is 1. The lowest BCUT2D eigenvalue weighted by molar-refractivity contribution is -0.113. The summed E-state index contributed by atoms with van der Waals surface area (Å²) in [5.41, 5.74) is 1.91. The first-order valence-corrected chi connectivity index (χ1v) is 8.54. The molecule has 0 unspecified atom stereocenters. The van der Waals surface area contributed by atoms with Crippen molar-refractivity contribution in [3.63, 3.8) is 0 Å². The molecule has 5 heteroatoms. The lowest BCUT2D eigenvalue weighted by Crippen LogP contribution is -2.30. The van der Waals surface area contributed by atoms with Gasteiger partial charge < -0.3 is 0 Å². The van der Waals surface area contributed by atoms with Gasteiger partial charge in [-0.25, -0.2) is 9.38 Å². The van der Waals surface area contributed by atoms with Crippen molar-refractivity contribution in [1.82, 2.24) is 0 Å². The first-order chi connectivity index (χ1) is 11.5. The average molecular weight is 340 g/mol. The Hall–Kier alpha value is -2.40. The Morgan fingerprint density at radius 3 is 2.38 bits per heavy atom. The fourth-order valence-electron chi connectivity index (χ4n) is 2.31. The number of thioether (sulfide) groups is 1. The molecule has 0 spiro atoms. The molecule has 0 N–H and O–H groups in total. The zero-order chi connectivity index (χ0) is 17.1. The number of aliphatic imine (C=N–C) groups is 1. The molecule has 0 radical (unpaired) electrons. The van der Waals surface area contributed by atoms with Gasteiger partial charge in [-0.1, -0.05) is 55.9 Å². The number of benzene rings is 2. The van der Waals surface area contributed by atoms with E-state index < -0.39 is 0 Å². The number of amides is 1. The van der Waals surface area contributed by atoms with Crippen LogP contribution in [-0.2, 0) is 4.79 Å². The van der Waals surface area contributed by atoms with Crippen LogP contribution in [0.15, 0.2) is 65.3 Å². The van der Waals surface area contributed by atoms with Crippen LogP contribution in [0.25, 0.3) is 6.08 Å². The maximum absolute atomic E-state index is 13.2. The Morgan fingerprint density at radius 2 is 1.75 bits per heavy atom. The first-order valence-electron chi connectivity index (χ1n) is 7.67. The number of halogens is 1. The van der Waals surface area contributed by atoms with E-state index in [1.54, 1.807) is 23.1 Å². The van der Waals surface area contributed by atoms with Crippen LogP contribution >= 0.6 is 11.8 Å². The third-order valence-electron chi connectivity index (χ3n) is 3.36. The second-order valence-electron chi connectivity index (χ2n) is 5.62. The lowest BCUT2D eigenvalue weighted by Gasteiger charge is -2.18. The van der Waals surface area contributed by atoms with Crippen LogP contribution < -0.4 is 4.90 Å². The normalized spacial score (nSPS) is 16.2. The second-order valence-corrected chi connectivity index (χ2v) is 7.16. The molecule has 0 atom stereocenters. The molecule has 0 fully saturated rings. The minimum atomic E-state index is -0.333. The zero-order valence-corrected chi connectivity index (χ0v) is 14.3. The van der Waals surface area contributed by atoms with E-state index in [2.05, 4.69) is 4.99 Å². The number of amidine groups is 1. The standard InChI is InChI=1S/C19H17FN2OS/c1-13(2)24-19-21-17(12-14-6-4-3-5-7-14)18(23)22(19)16-10-8-15(20)9-11-16/h3-13H,1-2H3/b17-12-. The van der Waals surface area contributed by atoms with Gasteiger partial charge in [-0.15, -0.1) is 0 Å². The van der Waals surface area contributed by atoms with E-state index in [0.717, 1.165) is 5.56 Å². The van der Waals surface area contributed by atoms with Gasteiger partial charge in [-0.05, 0) is 35.9 Å². The molecule has 24 heavy (non-hydrogen) atoms. The van der Waals surface area contributed by atoms with Crippen molar-refractivity contribution >= 4 is 34.6 Å². The predicted octanol–water partition coefficient (Wildman–Crippen LogP) is 4.71. The van der Waals surface area contributed by atoms with Gasteiger partial charge >= 0.3 is 0 Å². The second kappa shape index (κ2) is 7.01. The summed E-state index contributed by atoms with van der Waals surface area (Å²) in [5, 5.41) is 0.888. The molecule has 0 aromatic heterocycles. The molecular weight excluding hydrogens is 323 g/mol. The molecular formula is C19H17FN2OS. The average Bonchev–Trinajstić information content (AvgIpc) is 2.84. The van der Waals surface area contributed by atoms with Crippen LogP contribution in [0.1, 0.15) is 19.4 Å². The molecule has 1 aliphatic rings. The Labute approximate surface area is 144 Å². The van der Waals surface area contributed by atoms with Crippen LogP contribution in [0.5, 0.6) is 0 Å². The third kappa shape index (κ3) is 3.57. The summed E-state index contributed by atoms with van der Waals surface area (Å²) in [4.78, 5) is 18.9. The quantitative estimate of drug-likeness (QED) is 0.758. The van der Waals surface area contributed by atoms with Gasteiger partial charge in [0, 0.05) is 5.25 Å². The summed E-state index contributed by atoms with van der Waals surface area (Å²) in [6.45, 7) is 4.08. The van der Waals surface area contributed by atoms with Gasteiger partial charge in [0.15, 0.2) is 5.17 Å². The maximum Gasteiger partial charge on any atom is 0.283 e. The first kappa shape index (κ1) is 16.5. The van der Waals surface area contributed by atoms with Crippen molar-refractivity contribution < 1.29 is 9.18 Å². The number of rotatable bonds is 3. The summed E-state index contributed by atoms with van der Waals surface area (Å²) in [7, 11) is 0. The van der Waals surface area contributed by atoms with Gasteiger partial charge in [-0.3, -0.25) is 9.69 Å². The highest BCUT2D eigenvalue weighted by atomic mass is 32.2. The summed E-state index contributed by atoms with van der Waals surface area (Å²) in [5.74, 6) is -0.533. The number of carbonyl (C=O) groups excluding carboxylic acids is 1. The molecule has 1 heterocycles. The fourth-order valence-corrected chi connectivity index (χ4v) is 3.18. The minimum Gasteiger partial charge on any atom is -0.266 e. The Morgan fingerprint density at radius 1 is 1.08 bits per heavy atom. The molecule has 3 rings (SSSR count). The highest BCUT2D eigenvalue weighted by Crippen LogP contribution is 2.31. The Kier molecular flexibility index (Phi) is 4.81. The molecule has 0 saturated carbocycles. The lowest BCUT2D eigenvalue weighted by atomic mass is 10.2. The van der Waals surface area contributed by atoms with Crippen molar-refractivity contribution in [2.24, 2.45) is 4.99 Å². The Balaban J connectivity index is 1.99. The number of hydrogen-bond donors (Lipinski definition) is 0. The maximum atomic E-state index is 13.2. The summed E-state index contributed by atoms with van der Waals surface area (Å²) < 4.78 is 13.2. The van der Waals surface area contributed by atoms with Crippen LogP contribution in [-0.4, -0.2) is 16.3 Å². The van der Waals surface area contributed by atoms with Crippen molar-refractivity contribution in [1.29, 1.82) is 0 Å². The fraction of sp³-hybridized carbons (Fsp3) is 0.158. The summed E-state index contributed by atoms with van der Waals surface area (Å²) >= 11 is 1.51. The van der Waals surface area contributed by atoms with Crippen molar-refractivity contribution in [3.8, 4) is 0 Å². The molecule has 0 aliphatic carbocycles. The Bertz CT molecular complexity index is 798. The number of carbonyl (C=O) groups is 1. The molecule has 1 amide bonds. The molecule has 1 aliphatic heterocycles. The molecule has 0 bridgehead atoms.